The number of anilines is 1. The minimum absolute atomic E-state index is 0.0848. The number of rotatable bonds is 6. The van der Waals surface area contributed by atoms with Crippen LogP contribution in [0, 0.1) is 17.0 Å². The van der Waals surface area contributed by atoms with Gasteiger partial charge in [-0.25, -0.2) is 0 Å². The van der Waals surface area contributed by atoms with Gasteiger partial charge >= 0.3 is 5.69 Å². The first-order chi connectivity index (χ1) is 8.49. The Labute approximate surface area is 110 Å². The van der Waals surface area contributed by atoms with E-state index in [4.69, 9.17) is 16.3 Å². The fourth-order valence-electron chi connectivity index (χ4n) is 1.45. The standard InChI is InChI=1S/C11H15ClN2O4/c1-7-3-10(14(16)17)11(18-2)4-9(7)13-6-8(15)5-12/h3-4,8,13,15H,5-6H2,1-2H3. The van der Waals surface area contributed by atoms with Crippen LogP contribution in [0.4, 0.5) is 11.4 Å². The number of aliphatic hydroxyl groups excluding tert-OH is 1. The van der Waals surface area contributed by atoms with E-state index >= 15 is 0 Å². The number of alkyl halides is 1. The lowest BCUT2D eigenvalue weighted by Crippen LogP contribution is -2.21. The maximum absolute atomic E-state index is 10.8. The molecule has 2 N–H and O–H groups in total. The Morgan fingerprint density at radius 3 is 2.78 bits per heavy atom. The molecule has 7 heteroatoms. The summed E-state index contributed by atoms with van der Waals surface area (Å²) in [4.78, 5) is 10.3. The number of aryl methyl sites for hydroxylation is 1. The molecular formula is C11H15ClN2O4. The molecule has 1 aromatic rings. The minimum atomic E-state index is -0.674. The largest absolute Gasteiger partial charge is 0.490 e. The molecule has 1 rings (SSSR count). The zero-order valence-corrected chi connectivity index (χ0v) is 10.9. The number of nitro benzene ring substituents is 1. The smallest absolute Gasteiger partial charge is 0.311 e. The first kappa shape index (κ1) is 14.5. The average molecular weight is 275 g/mol. The fourth-order valence-corrected chi connectivity index (χ4v) is 1.56. The molecule has 0 fully saturated rings. The van der Waals surface area contributed by atoms with Gasteiger partial charge in [0.1, 0.15) is 0 Å². The number of methoxy groups -OCH3 is 1. The van der Waals surface area contributed by atoms with Gasteiger partial charge in [0, 0.05) is 24.4 Å². The van der Waals surface area contributed by atoms with Crippen molar-refractivity contribution in [3.05, 3.63) is 27.8 Å². The highest BCUT2D eigenvalue weighted by Crippen LogP contribution is 2.32. The number of benzene rings is 1. The lowest BCUT2D eigenvalue weighted by molar-refractivity contribution is -0.385. The third-order valence-corrected chi connectivity index (χ3v) is 2.79. The monoisotopic (exact) mass is 274 g/mol. The van der Waals surface area contributed by atoms with Gasteiger partial charge in [0.2, 0.25) is 0 Å². The molecule has 0 saturated carbocycles. The Kier molecular flexibility index (Phi) is 5.18. The van der Waals surface area contributed by atoms with E-state index in [1.54, 1.807) is 6.92 Å². The van der Waals surface area contributed by atoms with E-state index in [0.29, 0.717) is 11.3 Å². The summed E-state index contributed by atoms with van der Waals surface area (Å²) in [7, 11) is 1.37. The Morgan fingerprint density at radius 2 is 2.28 bits per heavy atom. The SMILES string of the molecule is COc1cc(NCC(O)CCl)c(C)cc1[N+](=O)[O-]. The Hall–Kier alpha value is -1.53. The zero-order valence-electron chi connectivity index (χ0n) is 10.1. The van der Waals surface area contributed by atoms with Crippen LogP contribution in [0.3, 0.4) is 0 Å². The van der Waals surface area contributed by atoms with Crippen molar-refractivity contribution in [2.75, 3.05) is 24.9 Å². The van der Waals surface area contributed by atoms with Crippen molar-refractivity contribution >= 4 is 23.0 Å². The van der Waals surface area contributed by atoms with E-state index in [1.807, 2.05) is 0 Å². The van der Waals surface area contributed by atoms with Gasteiger partial charge in [-0.2, -0.15) is 0 Å². The van der Waals surface area contributed by atoms with E-state index in [2.05, 4.69) is 5.32 Å². The van der Waals surface area contributed by atoms with Gasteiger partial charge < -0.3 is 15.2 Å². The summed E-state index contributed by atoms with van der Waals surface area (Å²) in [6.07, 6.45) is -0.674. The summed E-state index contributed by atoms with van der Waals surface area (Å²) in [5.41, 5.74) is 1.28. The lowest BCUT2D eigenvalue weighted by atomic mass is 10.1. The molecule has 0 aromatic heterocycles. The van der Waals surface area contributed by atoms with Crippen LogP contribution >= 0.6 is 11.6 Å². The summed E-state index contributed by atoms with van der Waals surface area (Å²) in [5, 5.41) is 23.1. The fraction of sp³-hybridized carbons (Fsp3) is 0.455. The number of nitrogens with zero attached hydrogens (tertiary/aromatic N) is 1. The van der Waals surface area contributed by atoms with Crippen molar-refractivity contribution in [1.82, 2.24) is 0 Å². The molecule has 1 unspecified atom stereocenters. The first-order valence-corrected chi connectivity index (χ1v) is 5.84. The Balaban J connectivity index is 2.97. The second-order valence-electron chi connectivity index (χ2n) is 3.79. The zero-order chi connectivity index (χ0) is 13.7. The molecule has 0 aliphatic carbocycles. The van der Waals surface area contributed by atoms with Crippen molar-refractivity contribution in [1.29, 1.82) is 0 Å². The molecule has 0 spiro atoms. The third-order valence-electron chi connectivity index (χ3n) is 2.43. The van der Waals surface area contributed by atoms with Gasteiger partial charge in [-0.3, -0.25) is 10.1 Å². The molecule has 100 valence electrons. The number of halogens is 1. The number of ether oxygens (including phenoxy) is 1. The molecule has 0 saturated heterocycles. The van der Waals surface area contributed by atoms with Gasteiger partial charge in [0.15, 0.2) is 5.75 Å². The van der Waals surface area contributed by atoms with Crippen LogP contribution in [0.15, 0.2) is 12.1 Å². The molecule has 0 aliphatic rings. The van der Waals surface area contributed by atoms with Crippen LogP contribution in [0.25, 0.3) is 0 Å². The first-order valence-electron chi connectivity index (χ1n) is 5.30. The maximum atomic E-state index is 10.8. The molecular weight excluding hydrogens is 260 g/mol. The van der Waals surface area contributed by atoms with Crippen LogP contribution in [0.5, 0.6) is 5.75 Å². The van der Waals surface area contributed by atoms with E-state index in [1.165, 1.54) is 19.2 Å². The van der Waals surface area contributed by atoms with Crippen LogP contribution < -0.4 is 10.1 Å². The van der Waals surface area contributed by atoms with Crippen LogP contribution in [-0.4, -0.2) is 35.7 Å². The highest BCUT2D eigenvalue weighted by molar-refractivity contribution is 6.18. The van der Waals surface area contributed by atoms with Crippen molar-refractivity contribution in [2.45, 2.75) is 13.0 Å². The number of aliphatic hydroxyl groups is 1. The molecule has 0 bridgehead atoms. The molecule has 0 heterocycles. The van der Waals surface area contributed by atoms with Crippen molar-refractivity contribution < 1.29 is 14.8 Å². The van der Waals surface area contributed by atoms with Crippen LogP contribution in [-0.2, 0) is 0 Å². The summed E-state index contributed by atoms with van der Waals surface area (Å²) >= 11 is 5.48. The topological polar surface area (TPSA) is 84.6 Å². The number of hydrogen-bond donors (Lipinski definition) is 2. The Morgan fingerprint density at radius 1 is 1.61 bits per heavy atom. The van der Waals surface area contributed by atoms with Gasteiger partial charge in [-0.05, 0) is 12.5 Å². The van der Waals surface area contributed by atoms with Gasteiger partial charge in [-0.1, -0.05) is 0 Å². The van der Waals surface area contributed by atoms with E-state index in [-0.39, 0.29) is 23.9 Å². The average Bonchev–Trinajstić information content (AvgIpc) is 2.36. The third kappa shape index (κ3) is 3.48. The highest BCUT2D eigenvalue weighted by atomic mass is 35.5. The number of nitro groups is 1. The molecule has 18 heavy (non-hydrogen) atoms. The quantitative estimate of drug-likeness (QED) is 0.470. The van der Waals surface area contributed by atoms with Gasteiger partial charge in [0.25, 0.3) is 0 Å². The molecule has 0 amide bonds. The van der Waals surface area contributed by atoms with Gasteiger partial charge in [0.05, 0.1) is 24.0 Å². The number of nitrogens with one attached hydrogen (secondary N) is 1. The predicted octanol–water partition coefficient (Wildman–Crippen LogP) is 1.92. The van der Waals surface area contributed by atoms with E-state index in [9.17, 15) is 15.2 Å². The second kappa shape index (κ2) is 6.42. The molecule has 1 aromatic carbocycles. The summed E-state index contributed by atoms with van der Waals surface area (Å²) in [6, 6.07) is 2.96. The minimum Gasteiger partial charge on any atom is -0.490 e. The Bertz CT molecular complexity index is 439. The summed E-state index contributed by atoms with van der Waals surface area (Å²) in [6.45, 7) is 2.01. The predicted molar refractivity (Wildman–Crippen MR) is 69.6 cm³/mol. The van der Waals surface area contributed by atoms with Crippen LogP contribution in [0.2, 0.25) is 0 Å². The maximum Gasteiger partial charge on any atom is 0.311 e. The van der Waals surface area contributed by atoms with Crippen molar-refractivity contribution in [3.63, 3.8) is 0 Å². The van der Waals surface area contributed by atoms with E-state index in [0.717, 1.165) is 0 Å². The molecule has 1 atom stereocenters. The van der Waals surface area contributed by atoms with Gasteiger partial charge in [-0.15, -0.1) is 11.6 Å². The summed E-state index contributed by atoms with van der Waals surface area (Å²) < 4.78 is 4.97. The highest BCUT2D eigenvalue weighted by Gasteiger charge is 2.17. The number of hydrogen-bond acceptors (Lipinski definition) is 5. The van der Waals surface area contributed by atoms with Crippen LogP contribution in [0.1, 0.15) is 5.56 Å². The second-order valence-corrected chi connectivity index (χ2v) is 4.09. The molecule has 0 radical (unpaired) electrons. The molecule has 0 aliphatic heterocycles. The lowest BCUT2D eigenvalue weighted by Gasteiger charge is -2.13. The van der Waals surface area contributed by atoms with E-state index < -0.39 is 11.0 Å². The van der Waals surface area contributed by atoms with Crippen molar-refractivity contribution in [2.24, 2.45) is 0 Å². The summed E-state index contributed by atoms with van der Waals surface area (Å²) in [5.74, 6) is 0.296. The normalized spacial score (nSPS) is 12.0. The molecule has 6 nitrogen and oxygen atoms in total. The van der Waals surface area contributed by atoms with Crippen molar-refractivity contribution in [3.8, 4) is 5.75 Å².